The molecule has 0 fully saturated rings. The Kier molecular flexibility index (Phi) is 2.84. The van der Waals surface area contributed by atoms with Gasteiger partial charge in [0.05, 0.1) is 0 Å². The molecule has 0 atom stereocenters. The molecule has 1 nitrogen and oxygen atoms in total. The number of rotatable bonds is 0. The van der Waals surface area contributed by atoms with Crippen molar-refractivity contribution in [2.45, 2.75) is 59.3 Å². The third-order valence-electron chi connectivity index (χ3n) is 3.43. The van der Waals surface area contributed by atoms with Crippen LogP contribution in [0.2, 0.25) is 0 Å². The molecule has 2 rings (SSSR count). The summed E-state index contributed by atoms with van der Waals surface area (Å²) in [6.45, 7) is 15.5. The molecule has 1 heterocycles. The molecule has 0 spiro atoms. The van der Waals surface area contributed by atoms with E-state index < -0.39 is 0 Å². The highest BCUT2D eigenvalue weighted by Gasteiger charge is 2.23. The van der Waals surface area contributed by atoms with Crippen molar-refractivity contribution in [1.82, 2.24) is 0 Å². The Morgan fingerprint density at radius 1 is 0.833 bits per heavy atom. The van der Waals surface area contributed by atoms with Crippen LogP contribution in [0.5, 0.6) is 0 Å². The van der Waals surface area contributed by atoms with Crippen molar-refractivity contribution >= 4 is 11.0 Å². The Bertz CT molecular complexity index is 574. The lowest BCUT2D eigenvalue weighted by Gasteiger charge is -2.25. The molecule has 2 aromatic rings. The summed E-state index contributed by atoms with van der Waals surface area (Å²) >= 11 is 0. The summed E-state index contributed by atoms with van der Waals surface area (Å²) in [6, 6.07) is 6.69. The van der Waals surface area contributed by atoms with Crippen molar-refractivity contribution in [2.24, 2.45) is 0 Å². The first-order valence-electron chi connectivity index (χ1n) is 6.64. The lowest BCUT2D eigenvalue weighted by Crippen LogP contribution is -2.16. The van der Waals surface area contributed by atoms with Gasteiger partial charge in [-0.15, -0.1) is 0 Å². The van der Waals surface area contributed by atoms with Crippen molar-refractivity contribution in [3.63, 3.8) is 0 Å². The second-order valence-corrected chi connectivity index (χ2v) is 7.29. The monoisotopic (exact) mass is 244 g/mol. The molecule has 98 valence electrons. The van der Waals surface area contributed by atoms with Crippen LogP contribution in [0.4, 0.5) is 0 Å². The highest BCUT2D eigenvalue weighted by molar-refractivity contribution is 5.84. The highest BCUT2D eigenvalue weighted by Crippen LogP contribution is 2.36. The van der Waals surface area contributed by atoms with Gasteiger partial charge in [0.15, 0.2) is 0 Å². The molecule has 0 aliphatic rings. The maximum atomic E-state index is 5.84. The van der Waals surface area contributed by atoms with E-state index in [2.05, 4.69) is 59.7 Å². The minimum Gasteiger partial charge on any atom is -0.461 e. The van der Waals surface area contributed by atoms with Gasteiger partial charge in [0.2, 0.25) is 0 Å². The van der Waals surface area contributed by atoms with Gasteiger partial charge in [-0.05, 0) is 41.0 Å². The van der Waals surface area contributed by atoms with Crippen LogP contribution in [-0.2, 0) is 10.8 Å². The molecule has 18 heavy (non-hydrogen) atoms. The van der Waals surface area contributed by atoms with Crippen molar-refractivity contribution in [1.29, 1.82) is 0 Å². The fourth-order valence-electron chi connectivity index (χ4n) is 2.32. The number of benzene rings is 1. The Morgan fingerprint density at radius 2 is 1.44 bits per heavy atom. The Balaban J connectivity index is 2.81. The van der Waals surface area contributed by atoms with Crippen LogP contribution in [0.15, 0.2) is 22.6 Å². The summed E-state index contributed by atoms with van der Waals surface area (Å²) in [6.07, 6.45) is 0. The quantitative estimate of drug-likeness (QED) is 0.610. The van der Waals surface area contributed by atoms with E-state index in [0.717, 1.165) is 11.3 Å². The largest absolute Gasteiger partial charge is 0.461 e. The van der Waals surface area contributed by atoms with Crippen molar-refractivity contribution < 1.29 is 4.42 Å². The molecule has 0 unspecified atom stereocenters. The van der Waals surface area contributed by atoms with Crippen molar-refractivity contribution in [2.75, 3.05) is 0 Å². The maximum Gasteiger partial charge on any atom is 0.134 e. The molecule has 1 heteroatoms. The van der Waals surface area contributed by atoms with Crippen molar-refractivity contribution in [3.8, 4) is 0 Å². The van der Waals surface area contributed by atoms with Gasteiger partial charge in [0.1, 0.15) is 11.3 Å². The molecule has 0 bridgehead atoms. The number of hydrogen-bond donors (Lipinski definition) is 0. The minimum atomic E-state index is 0.135. The molecule has 1 aromatic carbocycles. The summed E-state index contributed by atoms with van der Waals surface area (Å²) in [7, 11) is 0. The zero-order valence-electron chi connectivity index (χ0n) is 12.6. The van der Waals surface area contributed by atoms with Gasteiger partial charge < -0.3 is 4.42 Å². The smallest absolute Gasteiger partial charge is 0.134 e. The lowest BCUT2D eigenvalue weighted by molar-refractivity contribution is 0.559. The summed E-state index contributed by atoms with van der Waals surface area (Å²) in [4.78, 5) is 0. The van der Waals surface area contributed by atoms with E-state index in [9.17, 15) is 0 Å². The van der Waals surface area contributed by atoms with E-state index in [1.807, 2.05) is 6.92 Å². The number of furan rings is 1. The molecule has 0 saturated carbocycles. The maximum absolute atomic E-state index is 5.84. The fraction of sp³-hybridized carbons (Fsp3) is 0.529. The number of aryl methyl sites for hydroxylation is 1. The number of hydrogen-bond acceptors (Lipinski definition) is 1. The molecule has 0 aliphatic heterocycles. The summed E-state index contributed by atoms with van der Waals surface area (Å²) in [5, 5.41) is 1.26. The normalized spacial score (nSPS) is 13.3. The van der Waals surface area contributed by atoms with E-state index in [1.165, 1.54) is 16.5 Å². The van der Waals surface area contributed by atoms with Gasteiger partial charge in [-0.25, -0.2) is 0 Å². The summed E-state index contributed by atoms with van der Waals surface area (Å²) < 4.78 is 5.84. The van der Waals surface area contributed by atoms with E-state index >= 15 is 0 Å². The zero-order valence-corrected chi connectivity index (χ0v) is 12.6. The van der Waals surface area contributed by atoms with Gasteiger partial charge in [-0.1, -0.05) is 47.6 Å². The van der Waals surface area contributed by atoms with Crippen LogP contribution in [0, 0.1) is 6.92 Å². The van der Waals surface area contributed by atoms with Gasteiger partial charge in [0, 0.05) is 5.39 Å². The first-order chi connectivity index (χ1) is 8.09. The molecular weight excluding hydrogens is 220 g/mol. The van der Waals surface area contributed by atoms with E-state index in [0.29, 0.717) is 0 Å². The van der Waals surface area contributed by atoms with Gasteiger partial charge >= 0.3 is 0 Å². The third kappa shape index (κ3) is 2.31. The minimum absolute atomic E-state index is 0.135. The molecule has 0 amide bonds. The van der Waals surface area contributed by atoms with Crippen LogP contribution in [-0.4, -0.2) is 0 Å². The van der Waals surface area contributed by atoms with E-state index in [1.54, 1.807) is 0 Å². The SMILES string of the molecule is Cc1cc2c(C(C)(C)C)cc(C(C)(C)C)cc2o1. The van der Waals surface area contributed by atoms with Crippen LogP contribution < -0.4 is 0 Å². The lowest BCUT2D eigenvalue weighted by atomic mass is 9.79. The van der Waals surface area contributed by atoms with Crippen LogP contribution >= 0.6 is 0 Å². The Morgan fingerprint density at radius 3 is 1.94 bits per heavy atom. The van der Waals surface area contributed by atoms with Crippen molar-refractivity contribution in [3.05, 3.63) is 35.1 Å². The molecule has 1 aromatic heterocycles. The highest BCUT2D eigenvalue weighted by atomic mass is 16.3. The average molecular weight is 244 g/mol. The van der Waals surface area contributed by atoms with E-state index in [-0.39, 0.29) is 10.8 Å². The Labute approximate surface area is 110 Å². The summed E-state index contributed by atoms with van der Waals surface area (Å²) in [5.41, 5.74) is 4.02. The number of fused-ring (bicyclic) bond motifs is 1. The predicted octanol–water partition coefficient (Wildman–Crippen LogP) is 5.34. The van der Waals surface area contributed by atoms with Gasteiger partial charge in [0.25, 0.3) is 0 Å². The second kappa shape index (κ2) is 3.88. The van der Waals surface area contributed by atoms with Gasteiger partial charge in [-0.3, -0.25) is 0 Å². The molecule has 0 radical (unpaired) electrons. The van der Waals surface area contributed by atoms with Crippen LogP contribution in [0.1, 0.15) is 58.4 Å². The summed E-state index contributed by atoms with van der Waals surface area (Å²) in [5.74, 6) is 0.988. The molecule has 0 N–H and O–H groups in total. The predicted molar refractivity (Wildman–Crippen MR) is 78.4 cm³/mol. The van der Waals surface area contributed by atoms with Crippen LogP contribution in [0.25, 0.3) is 11.0 Å². The topological polar surface area (TPSA) is 13.1 Å². The molecular formula is C17H24O. The second-order valence-electron chi connectivity index (χ2n) is 7.29. The average Bonchev–Trinajstić information content (AvgIpc) is 2.52. The van der Waals surface area contributed by atoms with Crippen LogP contribution in [0.3, 0.4) is 0 Å². The molecule has 0 saturated heterocycles. The third-order valence-corrected chi connectivity index (χ3v) is 3.43. The molecule has 0 aliphatic carbocycles. The Hall–Kier alpha value is -1.24. The first kappa shape index (κ1) is 13.2. The van der Waals surface area contributed by atoms with Gasteiger partial charge in [-0.2, -0.15) is 0 Å². The fourth-order valence-corrected chi connectivity index (χ4v) is 2.32. The zero-order chi connectivity index (χ0) is 13.7. The standard InChI is InChI=1S/C17H24O/c1-11-8-13-14(17(5,6)7)9-12(16(2,3)4)10-15(13)18-11/h8-10H,1-7H3. The first-order valence-corrected chi connectivity index (χ1v) is 6.64. The van der Waals surface area contributed by atoms with E-state index in [4.69, 9.17) is 4.42 Å².